The number of imidazole rings is 1. The maximum Gasteiger partial charge on any atom is 0.112 e. The number of nitrogens with zero attached hydrogens (tertiary/aromatic N) is 2. The summed E-state index contributed by atoms with van der Waals surface area (Å²) in [4.78, 5) is 4.66. The van der Waals surface area contributed by atoms with Crippen molar-refractivity contribution in [2.45, 2.75) is 58.8 Å². The Morgan fingerprint density at radius 3 is 2.67 bits per heavy atom. The van der Waals surface area contributed by atoms with Crippen LogP contribution in [0.4, 0.5) is 0 Å². The van der Waals surface area contributed by atoms with E-state index in [1.165, 1.54) is 0 Å². The van der Waals surface area contributed by atoms with Gasteiger partial charge in [0.25, 0.3) is 0 Å². The minimum Gasteiger partial charge on any atom is -0.390 e. The molecule has 4 heteroatoms. The largest absolute Gasteiger partial charge is 0.390 e. The van der Waals surface area contributed by atoms with Crippen LogP contribution < -0.4 is 0 Å². The van der Waals surface area contributed by atoms with Gasteiger partial charge < -0.3 is 14.4 Å². The molecule has 2 aromatic rings. The lowest BCUT2D eigenvalue weighted by Gasteiger charge is -2.22. The van der Waals surface area contributed by atoms with E-state index in [1.807, 2.05) is 39.0 Å². The summed E-state index contributed by atoms with van der Waals surface area (Å²) in [6, 6.07) is 8.12. The molecule has 2 rings (SSSR count). The van der Waals surface area contributed by atoms with Crippen LogP contribution in [0.2, 0.25) is 0 Å². The molecule has 0 radical (unpaired) electrons. The quantitative estimate of drug-likeness (QED) is 0.889. The molecular formula is C17H26N2O2. The van der Waals surface area contributed by atoms with Gasteiger partial charge in [-0.3, -0.25) is 0 Å². The van der Waals surface area contributed by atoms with E-state index in [0.717, 1.165) is 29.8 Å². The van der Waals surface area contributed by atoms with Gasteiger partial charge in [-0.1, -0.05) is 19.1 Å². The lowest BCUT2D eigenvalue weighted by atomic mass is 10.2. The lowest BCUT2D eigenvalue weighted by Crippen LogP contribution is -2.28. The maximum atomic E-state index is 10.2. The minimum absolute atomic E-state index is 0.232. The molecule has 0 aliphatic carbocycles. The molecule has 0 fully saturated rings. The Labute approximate surface area is 126 Å². The number of aryl methyl sites for hydroxylation is 1. The normalized spacial score (nSPS) is 13.8. The Hall–Kier alpha value is -1.39. The van der Waals surface area contributed by atoms with Crippen LogP contribution in [0.1, 0.15) is 39.9 Å². The highest BCUT2D eigenvalue weighted by Crippen LogP contribution is 2.18. The Kier molecular flexibility index (Phi) is 5.01. The van der Waals surface area contributed by atoms with E-state index in [1.54, 1.807) is 0 Å². The van der Waals surface area contributed by atoms with Gasteiger partial charge in [0.2, 0.25) is 0 Å². The summed E-state index contributed by atoms with van der Waals surface area (Å²) in [5.41, 5.74) is 1.90. The number of para-hydroxylation sites is 2. The Balaban J connectivity index is 2.15. The number of benzene rings is 1. The van der Waals surface area contributed by atoms with Gasteiger partial charge >= 0.3 is 0 Å². The van der Waals surface area contributed by atoms with Crippen LogP contribution in [-0.2, 0) is 17.7 Å². The molecule has 1 aromatic carbocycles. The molecule has 1 atom stereocenters. The Morgan fingerprint density at radius 2 is 2.00 bits per heavy atom. The van der Waals surface area contributed by atoms with Crippen LogP contribution in [0.5, 0.6) is 0 Å². The van der Waals surface area contributed by atoms with Crippen molar-refractivity contribution in [2.24, 2.45) is 0 Å². The summed E-state index contributed by atoms with van der Waals surface area (Å²) < 4.78 is 7.85. The smallest absolute Gasteiger partial charge is 0.112 e. The summed E-state index contributed by atoms with van der Waals surface area (Å²) in [5.74, 6) is 0.933. The van der Waals surface area contributed by atoms with Gasteiger partial charge in [0.05, 0.1) is 29.3 Å². The van der Waals surface area contributed by atoms with Crippen LogP contribution in [0.25, 0.3) is 11.0 Å². The van der Waals surface area contributed by atoms with Gasteiger partial charge in [0.1, 0.15) is 5.82 Å². The average molecular weight is 290 g/mol. The molecule has 21 heavy (non-hydrogen) atoms. The highest BCUT2D eigenvalue weighted by Gasteiger charge is 2.17. The summed E-state index contributed by atoms with van der Waals surface area (Å²) >= 11 is 0. The van der Waals surface area contributed by atoms with Crippen LogP contribution in [-0.4, -0.2) is 33.0 Å². The van der Waals surface area contributed by atoms with Gasteiger partial charge in [-0.25, -0.2) is 4.98 Å². The molecule has 0 saturated heterocycles. The fourth-order valence-corrected chi connectivity index (χ4v) is 2.37. The van der Waals surface area contributed by atoms with Crippen molar-refractivity contribution in [3.63, 3.8) is 0 Å². The Morgan fingerprint density at radius 1 is 1.29 bits per heavy atom. The molecular weight excluding hydrogens is 264 g/mol. The molecule has 1 aromatic heterocycles. The van der Waals surface area contributed by atoms with Crippen molar-refractivity contribution in [3.05, 3.63) is 30.1 Å². The van der Waals surface area contributed by atoms with Gasteiger partial charge in [-0.05, 0) is 39.3 Å². The molecule has 0 aliphatic rings. The molecule has 1 unspecified atom stereocenters. The minimum atomic E-state index is -0.531. The number of aliphatic hydroxyl groups is 1. The standard InChI is InChI=1S/C17H26N2O2/c1-5-10-19-15-9-7-6-8-14(15)18-16(19)11-13(20)12-21-17(2,3)4/h6-9,13,20H,5,10-12H2,1-4H3. The summed E-state index contributed by atoms with van der Waals surface area (Å²) in [5, 5.41) is 10.2. The zero-order chi connectivity index (χ0) is 15.5. The van der Waals surface area contributed by atoms with Crippen molar-refractivity contribution in [3.8, 4) is 0 Å². The van der Waals surface area contributed by atoms with Gasteiger partial charge in [0.15, 0.2) is 0 Å². The molecule has 1 N–H and O–H groups in total. The van der Waals surface area contributed by atoms with Crippen LogP contribution >= 0.6 is 0 Å². The highest BCUT2D eigenvalue weighted by atomic mass is 16.5. The first kappa shape index (κ1) is 16.0. The molecule has 116 valence electrons. The van der Waals surface area contributed by atoms with Crippen molar-refractivity contribution < 1.29 is 9.84 Å². The van der Waals surface area contributed by atoms with Gasteiger partial charge in [-0.2, -0.15) is 0 Å². The first-order chi connectivity index (χ1) is 9.90. The monoisotopic (exact) mass is 290 g/mol. The first-order valence-electron chi connectivity index (χ1n) is 7.67. The molecule has 0 spiro atoms. The van der Waals surface area contributed by atoms with Crippen molar-refractivity contribution in [1.82, 2.24) is 9.55 Å². The number of fused-ring (bicyclic) bond motifs is 1. The van der Waals surface area contributed by atoms with E-state index < -0.39 is 6.10 Å². The topological polar surface area (TPSA) is 47.3 Å². The number of aliphatic hydroxyl groups excluding tert-OH is 1. The number of rotatable bonds is 6. The predicted octanol–water partition coefficient (Wildman–Crippen LogP) is 3.16. The van der Waals surface area contributed by atoms with Crippen molar-refractivity contribution >= 4 is 11.0 Å². The van der Waals surface area contributed by atoms with Crippen molar-refractivity contribution in [1.29, 1.82) is 0 Å². The number of ether oxygens (including phenoxy) is 1. The first-order valence-corrected chi connectivity index (χ1v) is 7.67. The zero-order valence-electron chi connectivity index (χ0n) is 13.5. The Bertz CT molecular complexity index is 584. The van der Waals surface area contributed by atoms with Gasteiger partial charge in [0, 0.05) is 13.0 Å². The van der Waals surface area contributed by atoms with E-state index in [9.17, 15) is 5.11 Å². The number of hydrogen-bond donors (Lipinski definition) is 1. The van der Waals surface area contributed by atoms with Gasteiger partial charge in [-0.15, -0.1) is 0 Å². The van der Waals surface area contributed by atoms with E-state index in [2.05, 4.69) is 22.5 Å². The predicted molar refractivity (Wildman–Crippen MR) is 85.4 cm³/mol. The number of aromatic nitrogens is 2. The molecule has 0 saturated carbocycles. The molecule has 1 heterocycles. The third kappa shape index (κ3) is 4.29. The fraction of sp³-hybridized carbons (Fsp3) is 0.588. The van der Waals surface area contributed by atoms with E-state index in [0.29, 0.717) is 13.0 Å². The molecule has 0 amide bonds. The van der Waals surface area contributed by atoms with Crippen LogP contribution in [0.15, 0.2) is 24.3 Å². The maximum absolute atomic E-state index is 10.2. The molecule has 4 nitrogen and oxygen atoms in total. The van der Waals surface area contributed by atoms with Crippen LogP contribution in [0, 0.1) is 0 Å². The second-order valence-corrected chi connectivity index (χ2v) is 6.45. The highest BCUT2D eigenvalue weighted by molar-refractivity contribution is 5.75. The molecule has 0 bridgehead atoms. The SMILES string of the molecule is CCCn1c(CC(O)COC(C)(C)C)nc2ccccc21. The van der Waals surface area contributed by atoms with Crippen LogP contribution in [0.3, 0.4) is 0 Å². The number of hydrogen-bond acceptors (Lipinski definition) is 3. The summed E-state index contributed by atoms with van der Waals surface area (Å²) in [6.45, 7) is 9.38. The van der Waals surface area contributed by atoms with E-state index in [4.69, 9.17) is 4.74 Å². The van der Waals surface area contributed by atoms with E-state index in [-0.39, 0.29) is 5.60 Å². The lowest BCUT2D eigenvalue weighted by molar-refractivity contribution is -0.0488. The average Bonchev–Trinajstić information content (AvgIpc) is 2.74. The second kappa shape index (κ2) is 6.58. The fourth-order valence-electron chi connectivity index (χ4n) is 2.37. The second-order valence-electron chi connectivity index (χ2n) is 6.45. The summed E-state index contributed by atoms with van der Waals surface area (Å²) in [7, 11) is 0. The van der Waals surface area contributed by atoms with E-state index >= 15 is 0 Å². The zero-order valence-corrected chi connectivity index (χ0v) is 13.5. The van der Waals surface area contributed by atoms with Crippen molar-refractivity contribution in [2.75, 3.05) is 6.61 Å². The third-order valence-electron chi connectivity index (χ3n) is 3.31. The third-order valence-corrected chi connectivity index (χ3v) is 3.31. The molecule has 0 aliphatic heterocycles. The summed E-state index contributed by atoms with van der Waals surface area (Å²) in [6.07, 6.45) is 1.03.